The van der Waals surface area contributed by atoms with Gasteiger partial charge in [-0.3, -0.25) is 4.79 Å². The lowest BCUT2D eigenvalue weighted by Crippen LogP contribution is -2.14. The number of carbonyl (C=O) groups excluding carboxylic acids is 2. The molecule has 0 aliphatic carbocycles. The van der Waals surface area contributed by atoms with Crippen molar-refractivity contribution in [2.24, 2.45) is 0 Å². The maximum absolute atomic E-state index is 12.3. The van der Waals surface area contributed by atoms with Gasteiger partial charge in [0, 0.05) is 27.1 Å². The normalized spacial score (nSPS) is 10.7. The second-order valence-electron chi connectivity index (χ2n) is 4.87. The first kappa shape index (κ1) is 15.8. The van der Waals surface area contributed by atoms with Crippen LogP contribution in [0.4, 0.5) is 0 Å². The molecule has 0 unspecified atom stereocenters. The minimum Gasteiger partial charge on any atom is -0.454 e. The molecule has 2 aromatic carbocycles. The van der Waals surface area contributed by atoms with E-state index in [1.807, 2.05) is 24.3 Å². The van der Waals surface area contributed by atoms with Crippen molar-refractivity contribution in [1.29, 1.82) is 0 Å². The highest BCUT2D eigenvalue weighted by molar-refractivity contribution is 9.10. The molecule has 0 spiro atoms. The van der Waals surface area contributed by atoms with E-state index in [0.29, 0.717) is 10.0 Å². The average molecular weight is 393 g/mol. The Balaban J connectivity index is 1.74. The van der Waals surface area contributed by atoms with Crippen LogP contribution in [0.2, 0.25) is 5.02 Å². The zero-order valence-electron chi connectivity index (χ0n) is 11.8. The number of para-hydroxylation sites is 1. The second kappa shape index (κ2) is 6.56. The molecule has 3 rings (SSSR count). The van der Waals surface area contributed by atoms with Gasteiger partial charge < -0.3 is 9.72 Å². The van der Waals surface area contributed by atoms with Crippen LogP contribution in [0, 0.1) is 0 Å². The number of esters is 1. The Morgan fingerprint density at radius 3 is 2.74 bits per heavy atom. The molecule has 1 aromatic heterocycles. The molecule has 0 saturated carbocycles. The van der Waals surface area contributed by atoms with Crippen molar-refractivity contribution >= 4 is 50.2 Å². The van der Waals surface area contributed by atoms with Gasteiger partial charge in [-0.25, -0.2) is 4.79 Å². The van der Waals surface area contributed by atoms with Gasteiger partial charge in [-0.1, -0.05) is 45.7 Å². The average Bonchev–Trinajstić information content (AvgIpc) is 2.98. The fourth-order valence-electron chi connectivity index (χ4n) is 2.24. The van der Waals surface area contributed by atoms with Crippen LogP contribution in [-0.4, -0.2) is 23.3 Å². The Morgan fingerprint density at radius 1 is 1.13 bits per heavy atom. The largest absolute Gasteiger partial charge is 0.454 e. The van der Waals surface area contributed by atoms with Gasteiger partial charge in [0.15, 0.2) is 6.61 Å². The number of ether oxygens (including phenoxy) is 1. The van der Waals surface area contributed by atoms with Crippen LogP contribution in [0.25, 0.3) is 10.9 Å². The standard InChI is InChI=1S/C17H11BrClNO3/c18-10-5-6-14(19)12(7-10)17(22)23-9-16(21)13-8-20-15-4-2-1-3-11(13)15/h1-8,20H,9H2. The first-order chi connectivity index (χ1) is 11.1. The quantitative estimate of drug-likeness (QED) is 0.520. The lowest BCUT2D eigenvalue weighted by atomic mass is 10.1. The monoisotopic (exact) mass is 391 g/mol. The van der Waals surface area contributed by atoms with Crippen molar-refractivity contribution in [3.05, 3.63) is 69.3 Å². The molecule has 3 aromatic rings. The molecule has 0 fully saturated rings. The predicted octanol–water partition coefficient (Wildman–Crippen LogP) is 4.62. The van der Waals surface area contributed by atoms with Crippen molar-refractivity contribution in [1.82, 2.24) is 4.98 Å². The lowest BCUT2D eigenvalue weighted by molar-refractivity contribution is 0.0475. The zero-order valence-corrected chi connectivity index (χ0v) is 14.1. The number of benzene rings is 2. The topological polar surface area (TPSA) is 59.2 Å². The van der Waals surface area contributed by atoms with Crippen LogP contribution in [0.3, 0.4) is 0 Å². The van der Waals surface area contributed by atoms with E-state index in [1.165, 1.54) is 0 Å². The second-order valence-corrected chi connectivity index (χ2v) is 6.19. The van der Waals surface area contributed by atoms with E-state index >= 15 is 0 Å². The predicted molar refractivity (Wildman–Crippen MR) is 92.1 cm³/mol. The number of rotatable bonds is 4. The minimum absolute atomic E-state index is 0.216. The van der Waals surface area contributed by atoms with E-state index in [-0.39, 0.29) is 23.0 Å². The van der Waals surface area contributed by atoms with E-state index in [2.05, 4.69) is 20.9 Å². The molecule has 1 heterocycles. The molecule has 0 amide bonds. The number of hydrogen-bond donors (Lipinski definition) is 1. The van der Waals surface area contributed by atoms with Crippen LogP contribution in [0.1, 0.15) is 20.7 Å². The number of halogens is 2. The first-order valence-electron chi connectivity index (χ1n) is 6.78. The third-order valence-corrected chi connectivity index (χ3v) is 4.20. The third-order valence-electron chi connectivity index (χ3n) is 3.37. The van der Waals surface area contributed by atoms with Gasteiger partial charge in [-0.2, -0.15) is 0 Å². The van der Waals surface area contributed by atoms with Gasteiger partial charge in [0.05, 0.1) is 10.6 Å². The van der Waals surface area contributed by atoms with Crippen LogP contribution in [0.15, 0.2) is 53.1 Å². The van der Waals surface area contributed by atoms with Crippen molar-refractivity contribution in [2.75, 3.05) is 6.61 Å². The first-order valence-corrected chi connectivity index (χ1v) is 7.95. The van der Waals surface area contributed by atoms with Crippen LogP contribution in [-0.2, 0) is 4.74 Å². The summed E-state index contributed by atoms with van der Waals surface area (Å²) in [5.74, 6) is -0.911. The molecular formula is C17H11BrClNO3. The summed E-state index contributed by atoms with van der Waals surface area (Å²) in [5.41, 5.74) is 1.57. The van der Waals surface area contributed by atoms with E-state index in [9.17, 15) is 9.59 Å². The number of Topliss-reactive ketones (excluding diaryl/α,β-unsaturated/α-hetero) is 1. The molecular weight excluding hydrogens is 382 g/mol. The summed E-state index contributed by atoms with van der Waals surface area (Å²) in [6.45, 7) is -0.344. The Hall–Kier alpha value is -2.11. The molecule has 0 atom stereocenters. The molecule has 0 bridgehead atoms. The Bertz CT molecular complexity index is 904. The molecule has 116 valence electrons. The Kier molecular flexibility index (Phi) is 4.50. The maximum Gasteiger partial charge on any atom is 0.340 e. The SMILES string of the molecule is O=C(OCC(=O)c1c[nH]c2ccccc12)c1cc(Br)ccc1Cl. The molecule has 4 nitrogen and oxygen atoms in total. The van der Waals surface area contributed by atoms with Crippen molar-refractivity contribution in [3.63, 3.8) is 0 Å². The Morgan fingerprint density at radius 2 is 1.91 bits per heavy atom. The zero-order chi connectivity index (χ0) is 16.4. The molecule has 0 aliphatic heterocycles. The smallest absolute Gasteiger partial charge is 0.340 e. The number of H-pyrrole nitrogens is 1. The van der Waals surface area contributed by atoms with E-state index in [1.54, 1.807) is 24.4 Å². The van der Waals surface area contributed by atoms with Gasteiger partial charge in [0.1, 0.15) is 0 Å². The lowest BCUT2D eigenvalue weighted by Gasteiger charge is -2.06. The van der Waals surface area contributed by atoms with Crippen LogP contribution in [0.5, 0.6) is 0 Å². The molecule has 6 heteroatoms. The maximum atomic E-state index is 12.3. The summed E-state index contributed by atoms with van der Waals surface area (Å²) in [6.07, 6.45) is 1.62. The number of fused-ring (bicyclic) bond motifs is 1. The van der Waals surface area contributed by atoms with E-state index in [4.69, 9.17) is 16.3 Å². The van der Waals surface area contributed by atoms with Crippen molar-refractivity contribution < 1.29 is 14.3 Å². The van der Waals surface area contributed by atoms with Crippen LogP contribution >= 0.6 is 27.5 Å². The molecule has 1 N–H and O–H groups in total. The molecule has 23 heavy (non-hydrogen) atoms. The van der Waals surface area contributed by atoms with E-state index < -0.39 is 5.97 Å². The highest BCUT2D eigenvalue weighted by Crippen LogP contribution is 2.22. The molecule has 0 saturated heterocycles. The highest BCUT2D eigenvalue weighted by atomic mass is 79.9. The number of hydrogen-bond acceptors (Lipinski definition) is 3. The van der Waals surface area contributed by atoms with E-state index in [0.717, 1.165) is 10.9 Å². The summed E-state index contributed by atoms with van der Waals surface area (Å²) < 4.78 is 5.80. The number of aromatic nitrogens is 1. The molecule has 0 aliphatic rings. The van der Waals surface area contributed by atoms with Crippen molar-refractivity contribution in [3.8, 4) is 0 Å². The highest BCUT2D eigenvalue weighted by Gasteiger charge is 2.17. The molecule has 0 radical (unpaired) electrons. The number of carbonyl (C=O) groups is 2. The minimum atomic E-state index is -0.635. The fraction of sp³-hybridized carbons (Fsp3) is 0.0588. The Labute approximate surface area is 145 Å². The third kappa shape index (κ3) is 3.30. The van der Waals surface area contributed by atoms with Crippen molar-refractivity contribution in [2.45, 2.75) is 0 Å². The van der Waals surface area contributed by atoms with Crippen LogP contribution < -0.4 is 0 Å². The van der Waals surface area contributed by atoms with Gasteiger partial charge >= 0.3 is 5.97 Å². The van der Waals surface area contributed by atoms with Gasteiger partial charge in [0.25, 0.3) is 0 Å². The summed E-state index contributed by atoms with van der Waals surface area (Å²) in [7, 11) is 0. The summed E-state index contributed by atoms with van der Waals surface area (Å²) in [4.78, 5) is 27.4. The van der Waals surface area contributed by atoms with Gasteiger partial charge in [-0.05, 0) is 24.3 Å². The van der Waals surface area contributed by atoms with Gasteiger partial charge in [0.2, 0.25) is 5.78 Å². The number of ketones is 1. The van der Waals surface area contributed by atoms with Gasteiger partial charge in [-0.15, -0.1) is 0 Å². The summed E-state index contributed by atoms with van der Waals surface area (Å²) >= 11 is 9.24. The summed E-state index contributed by atoms with van der Waals surface area (Å²) in [6, 6.07) is 12.3. The number of aromatic amines is 1. The number of nitrogens with one attached hydrogen (secondary N) is 1. The summed E-state index contributed by atoms with van der Waals surface area (Å²) in [5, 5.41) is 1.08. The fourth-order valence-corrected chi connectivity index (χ4v) is 2.80.